The summed E-state index contributed by atoms with van der Waals surface area (Å²) in [6.45, 7) is 2.43. The second-order valence-corrected chi connectivity index (χ2v) is 7.05. The highest BCUT2D eigenvalue weighted by Gasteiger charge is 2.43. The van der Waals surface area contributed by atoms with Crippen LogP contribution in [0.4, 0.5) is 0 Å². The molecular formula is C16H27N5O2. The molecule has 3 rings (SSSR count). The van der Waals surface area contributed by atoms with Gasteiger partial charge in [0.15, 0.2) is 0 Å². The van der Waals surface area contributed by atoms with Crippen molar-refractivity contribution >= 4 is 5.91 Å². The minimum Gasteiger partial charge on any atom is -0.380 e. The molecule has 1 aliphatic carbocycles. The molecule has 4 atom stereocenters. The van der Waals surface area contributed by atoms with Crippen molar-refractivity contribution in [2.75, 3.05) is 34.3 Å². The van der Waals surface area contributed by atoms with Crippen molar-refractivity contribution in [3.63, 3.8) is 0 Å². The van der Waals surface area contributed by atoms with E-state index < -0.39 is 0 Å². The molecule has 1 amide bonds. The molecule has 23 heavy (non-hydrogen) atoms. The van der Waals surface area contributed by atoms with E-state index in [1.807, 2.05) is 9.47 Å². The minimum absolute atomic E-state index is 0.239. The molecule has 1 aromatic heterocycles. The van der Waals surface area contributed by atoms with Crippen LogP contribution in [0.5, 0.6) is 0 Å². The number of amides is 1. The van der Waals surface area contributed by atoms with Crippen molar-refractivity contribution < 1.29 is 9.53 Å². The second-order valence-electron chi connectivity index (χ2n) is 7.05. The van der Waals surface area contributed by atoms with Crippen LogP contribution in [0.25, 0.3) is 0 Å². The van der Waals surface area contributed by atoms with E-state index in [9.17, 15) is 4.79 Å². The van der Waals surface area contributed by atoms with Gasteiger partial charge in [0.25, 0.3) is 0 Å². The third-order valence-electron chi connectivity index (χ3n) is 5.45. The van der Waals surface area contributed by atoms with Crippen molar-refractivity contribution in [2.45, 2.75) is 38.0 Å². The predicted molar refractivity (Wildman–Crippen MR) is 85.7 cm³/mol. The number of hydrogen-bond acceptors (Lipinski definition) is 5. The summed E-state index contributed by atoms with van der Waals surface area (Å²) in [5.41, 5.74) is 0. The van der Waals surface area contributed by atoms with Crippen molar-refractivity contribution in [1.29, 1.82) is 0 Å². The number of likely N-dealkylation sites (tertiary alicyclic amines) is 1. The Kier molecular flexibility index (Phi) is 4.96. The fraction of sp³-hybridized carbons (Fsp3) is 0.812. The van der Waals surface area contributed by atoms with E-state index in [0.717, 1.165) is 25.9 Å². The summed E-state index contributed by atoms with van der Waals surface area (Å²) >= 11 is 0. The van der Waals surface area contributed by atoms with Crippen LogP contribution < -0.4 is 0 Å². The zero-order chi connectivity index (χ0) is 16.4. The molecule has 1 aromatic rings. The quantitative estimate of drug-likeness (QED) is 0.789. The highest BCUT2D eigenvalue weighted by molar-refractivity contribution is 5.76. The standard InChI is InChI=1S/C16H27N5O2/c1-19(2)14-6-12-8-21(9-13(12)7-15(14)23-3)16(22)4-5-20-10-17-18-11-20/h10-15H,4-9H2,1-3H3/t12-,13+,14-,15-/m1/s1. The first kappa shape index (κ1) is 16.4. The number of carbonyl (C=O) groups is 1. The van der Waals surface area contributed by atoms with Gasteiger partial charge in [-0.15, -0.1) is 10.2 Å². The lowest BCUT2D eigenvalue weighted by Crippen LogP contribution is -2.47. The number of methoxy groups -OCH3 is 1. The molecule has 128 valence electrons. The average molecular weight is 321 g/mol. The lowest BCUT2D eigenvalue weighted by atomic mass is 9.77. The molecule has 2 fully saturated rings. The first-order valence-electron chi connectivity index (χ1n) is 8.38. The molecule has 0 aromatic carbocycles. The number of fused-ring (bicyclic) bond motifs is 1. The number of aromatic nitrogens is 3. The molecule has 1 saturated carbocycles. The zero-order valence-corrected chi connectivity index (χ0v) is 14.3. The molecule has 2 aliphatic rings. The highest BCUT2D eigenvalue weighted by Crippen LogP contribution is 2.38. The monoisotopic (exact) mass is 321 g/mol. The summed E-state index contributed by atoms with van der Waals surface area (Å²) in [4.78, 5) is 16.8. The van der Waals surface area contributed by atoms with Gasteiger partial charge in [-0.25, -0.2) is 0 Å². The Morgan fingerprint density at radius 1 is 1.22 bits per heavy atom. The molecule has 7 nitrogen and oxygen atoms in total. The number of rotatable bonds is 5. The van der Waals surface area contributed by atoms with Crippen LogP contribution in [0.2, 0.25) is 0 Å². The van der Waals surface area contributed by atoms with Crippen LogP contribution in [-0.4, -0.2) is 76.9 Å². The number of carbonyl (C=O) groups excluding carboxylic acids is 1. The van der Waals surface area contributed by atoms with Crippen molar-refractivity contribution in [1.82, 2.24) is 24.6 Å². The number of nitrogens with zero attached hydrogens (tertiary/aromatic N) is 5. The number of hydrogen-bond donors (Lipinski definition) is 0. The van der Waals surface area contributed by atoms with Crippen LogP contribution in [0.3, 0.4) is 0 Å². The van der Waals surface area contributed by atoms with Gasteiger partial charge in [0.05, 0.1) is 6.10 Å². The van der Waals surface area contributed by atoms with Gasteiger partial charge in [-0.2, -0.15) is 0 Å². The lowest BCUT2D eigenvalue weighted by Gasteiger charge is -2.40. The molecular weight excluding hydrogens is 294 g/mol. The van der Waals surface area contributed by atoms with Gasteiger partial charge >= 0.3 is 0 Å². The molecule has 0 spiro atoms. The Labute approximate surface area is 137 Å². The molecule has 0 radical (unpaired) electrons. The third-order valence-corrected chi connectivity index (χ3v) is 5.45. The summed E-state index contributed by atoms with van der Waals surface area (Å²) < 4.78 is 7.55. The van der Waals surface area contributed by atoms with Crippen LogP contribution in [0, 0.1) is 11.8 Å². The highest BCUT2D eigenvalue weighted by atomic mass is 16.5. The molecule has 7 heteroatoms. The summed E-state index contributed by atoms with van der Waals surface area (Å²) in [6.07, 6.45) is 6.27. The molecule has 0 N–H and O–H groups in total. The lowest BCUT2D eigenvalue weighted by molar-refractivity contribution is -0.130. The maximum atomic E-state index is 12.5. The van der Waals surface area contributed by atoms with Gasteiger partial charge in [0.2, 0.25) is 5.91 Å². The van der Waals surface area contributed by atoms with E-state index in [1.54, 1.807) is 19.8 Å². The van der Waals surface area contributed by atoms with Gasteiger partial charge in [-0.1, -0.05) is 0 Å². The number of aryl methyl sites for hydroxylation is 1. The van der Waals surface area contributed by atoms with Crippen molar-refractivity contribution in [3.05, 3.63) is 12.7 Å². The summed E-state index contributed by atoms with van der Waals surface area (Å²) in [5.74, 6) is 1.42. The van der Waals surface area contributed by atoms with Crippen LogP contribution >= 0.6 is 0 Å². The van der Waals surface area contributed by atoms with Gasteiger partial charge in [0, 0.05) is 39.2 Å². The number of ether oxygens (including phenoxy) is 1. The smallest absolute Gasteiger partial charge is 0.224 e. The fourth-order valence-corrected chi connectivity index (χ4v) is 4.11. The Morgan fingerprint density at radius 2 is 1.87 bits per heavy atom. The van der Waals surface area contributed by atoms with Gasteiger partial charge in [-0.3, -0.25) is 4.79 Å². The Balaban J connectivity index is 1.56. The Morgan fingerprint density at radius 3 is 2.48 bits per heavy atom. The second kappa shape index (κ2) is 6.97. The van der Waals surface area contributed by atoms with Crippen LogP contribution in [0.15, 0.2) is 12.7 Å². The minimum atomic E-state index is 0.239. The first-order valence-corrected chi connectivity index (χ1v) is 8.38. The number of likely N-dealkylation sites (N-methyl/N-ethyl adjacent to an activating group) is 1. The fourth-order valence-electron chi connectivity index (χ4n) is 4.11. The summed E-state index contributed by atoms with van der Waals surface area (Å²) in [5, 5.41) is 7.54. The van der Waals surface area contributed by atoms with E-state index in [1.165, 1.54) is 0 Å². The van der Waals surface area contributed by atoms with Crippen molar-refractivity contribution in [3.8, 4) is 0 Å². The summed E-state index contributed by atoms with van der Waals surface area (Å²) in [6, 6.07) is 0.452. The molecule has 0 unspecified atom stereocenters. The van der Waals surface area contributed by atoms with Gasteiger partial charge in [-0.05, 0) is 38.8 Å². The van der Waals surface area contributed by atoms with Gasteiger partial charge in [0.1, 0.15) is 12.7 Å². The molecule has 2 heterocycles. The molecule has 1 aliphatic heterocycles. The van der Waals surface area contributed by atoms with E-state index in [2.05, 4.69) is 29.2 Å². The normalized spacial score (nSPS) is 30.7. The Bertz CT molecular complexity index is 519. The van der Waals surface area contributed by atoms with Crippen molar-refractivity contribution in [2.24, 2.45) is 11.8 Å². The Hall–Kier alpha value is -1.47. The first-order chi connectivity index (χ1) is 11.1. The predicted octanol–water partition coefficient (Wildman–Crippen LogP) is 0.482. The zero-order valence-electron chi connectivity index (χ0n) is 14.3. The largest absolute Gasteiger partial charge is 0.380 e. The third kappa shape index (κ3) is 3.55. The summed E-state index contributed by atoms with van der Waals surface area (Å²) in [7, 11) is 6.04. The van der Waals surface area contributed by atoms with Gasteiger partial charge < -0.3 is 19.1 Å². The van der Waals surface area contributed by atoms with E-state index in [4.69, 9.17) is 4.74 Å². The maximum absolute atomic E-state index is 12.5. The van der Waals surface area contributed by atoms with Crippen LogP contribution in [0.1, 0.15) is 19.3 Å². The SMILES string of the molecule is CO[C@@H]1C[C@H]2CN(C(=O)CCn3cnnc3)C[C@H]2C[C@H]1N(C)C. The van der Waals surface area contributed by atoms with E-state index in [-0.39, 0.29) is 12.0 Å². The maximum Gasteiger partial charge on any atom is 0.224 e. The molecule has 0 bridgehead atoms. The van der Waals surface area contributed by atoms with E-state index in [0.29, 0.717) is 30.8 Å². The molecule has 1 saturated heterocycles. The van der Waals surface area contributed by atoms with E-state index >= 15 is 0 Å². The topological polar surface area (TPSA) is 63.5 Å². The van der Waals surface area contributed by atoms with Crippen LogP contribution in [-0.2, 0) is 16.1 Å². The average Bonchev–Trinajstić information content (AvgIpc) is 3.19.